The van der Waals surface area contributed by atoms with Crippen LogP contribution in [0, 0.1) is 0 Å². The molecular weight excluding hydrogens is 366 g/mol. The first kappa shape index (κ1) is 15.6. The van der Waals surface area contributed by atoms with Crippen LogP contribution in [0.3, 0.4) is 0 Å². The summed E-state index contributed by atoms with van der Waals surface area (Å²) in [6, 6.07) is 8.74. The largest absolute Gasteiger partial charge is 0.349 e. The Morgan fingerprint density at radius 3 is 3.00 bits per heavy atom. The lowest BCUT2D eigenvalue weighted by atomic mass is 10.2. The summed E-state index contributed by atoms with van der Waals surface area (Å²) in [5.74, 6) is -0.0573. The zero-order valence-corrected chi connectivity index (χ0v) is 14.6. The van der Waals surface area contributed by atoms with Crippen LogP contribution in [0.15, 0.2) is 40.6 Å². The van der Waals surface area contributed by atoms with Crippen LogP contribution in [-0.4, -0.2) is 28.6 Å². The number of hydrogen-bond acceptors (Lipinski definition) is 4. The predicted molar refractivity (Wildman–Crippen MR) is 98.2 cm³/mol. The molecule has 122 valence electrons. The first-order chi connectivity index (χ1) is 11.6. The Balaban J connectivity index is 1.52. The second-order valence-electron chi connectivity index (χ2n) is 5.33. The van der Waals surface area contributed by atoms with Crippen LogP contribution in [0.5, 0.6) is 0 Å². The fraction of sp³-hybridized carbons (Fsp3) is 0.125. The molecule has 2 aromatic heterocycles. The van der Waals surface area contributed by atoms with Gasteiger partial charge in [-0.15, -0.1) is 23.1 Å². The van der Waals surface area contributed by atoms with Gasteiger partial charge in [-0.25, -0.2) is 0 Å². The minimum Gasteiger partial charge on any atom is -0.349 e. The van der Waals surface area contributed by atoms with Crippen molar-refractivity contribution in [3.8, 4) is 0 Å². The van der Waals surface area contributed by atoms with Crippen LogP contribution in [0.1, 0.15) is 10.5 Å². The summed E-state index contributed by atoms with van der Waals surface area (Å²) in [5, 5.41) is 8.05. The van der Waals surface area contributed by atoms with Crippen molar-refractivity contribution in [3.05, 3.63) is 46.4 Å². The molecule has 2 amide bonds. The lowest BCUT2D eigenvalue weighted by Gasteiger charge is -2.14. The highest BCUT2D eigenvalue weighted by molar-refractivity contribution is 7.99. The third kappa shape index (κ3) is 2.79. The molecule has 5 nitrogen and oxygen atoms in total. The molecule has 1 aromatic carbocycles. The van der Waals surface area contributed by atoms with E-state index in [1.807, 2.05) is 29.6 Å². The number of thiophene rings is 1. The normalized spacial score (nSPS) is 17.2. The summed E-state index contributed by atoms with van der Waals surface area (Å²) in [4.78, 5) is 28.8. The Hall–Kier alpha value is -1.96. The fourth-order valence-electron chi connectivity index (χ4n) is 2.51. The number of para-hydroxylation sites is 1. The van der Waals surface area contributed by atoms with E-state index in [0.717, 1.165) is 20.8 Å². The minimum atomic E-state index is -0.605. The molecule has 4 rings (SSSR count). The smallest absolute Gasteiger partial charge is 0.268 e. The molecule has 0 radical (unpaired) electrons. The maximum atomic E-state index is 12.5. The van der Waals surface area contributed by atoms with Gasteiger partial charge in [0.1, 0.15) is 11.7 Å². The van der Waals surface area contributed by atoms with Crippen LogP contribution < -0.4 is 10.6 Å². The standard InChI is InChI=1S/C16H12ClN3O2S2/c17-8-6-23-13-5-10(18-14(8)13)15(21)20-11-7-24-12-4-2-1-3-9(12)19-16(11)22/h1-6,11,18H,7H2,(H,19,22)(H,20,21). The number of fused-ring (bicyclic) bond motifs is 2. The minimum absolute atomic E-state index is 0.216. The van der Waals surface area contributed by atoms with Gasteiger partial charge in [0, 0.05) is 16.0 Å². The van der Waals surface area contributed by atoms with Gasteiger partial charge in [0.05, 0.1) is 20.9 Å². The summed E-state index contributed by atoms with van der Waals surface area (Å²) in [6.45, 7) is 0. The topological polar surface area (TPSA) is 74.0 Å². The zero-order valence-electron chi connectivity index (χ0n) is 12.3. The molecule has 3 N–H and O–H groups in total. The van der Waals surface area contributed by atoms with Gasteiger partial charge < -0.3 is 15.6 Å². The number of aromatic amines is 1. The number of aromatic nitrogens is 1. The van der Waals surface area contributed by atoms with Gasteiger partial charge in [-0.3, -0.25) is 9.59 Å². The first-order valence-electron chi connectivity index (χ1n) is 7.21. The number of nitrogens with one attached hydrogen (secondary N) is 3. The molecule has 3 aromatic rings. The van der Waals surface area contributed by atoms with Gasteiger partial charge in [-0.05, 0) is 18.2 Å². The number of carbonyl (C=O) groups excluding carboxylic acids is 2. The number of amides is 2. The van der Waals surface area contributed by atoms with E-state index >= 15 is 0 Å². The summed E-state index contributed by atoms with van der Waals surface area (Å²) >= 11 is 9.07. The van der Waals surface area contributed by atoms with Crippen molar-refractivity contribution in [1.29, 1.82) is 0 Å². The first-order valence-corrected chi connectivity index (χ1v) is 9.45. The Morgan fingerprint density at radius 2 is 2.17 bits per heavy atom. The molecule has 0 fully saturated rings. The number of hydrogen-bond donors (Lipinski definition) is 3. The van der Waals surface area contributed by atoms with E-state index in [4.69, 9.17) is 11.6 Å². The van der Waals surface area contributed by atoms with Crippen molar-refractivity contribution in [3.63, 3.8) is 0 Å². The van der Waals surface area contributed by atoms with Crippen LogP contribution >= 0.6 is 34.7 Å². The molecule has 0 saturated heterocycles. The molecule has 1 unspecified atom stereocenters. The third-order valence-corrected chi connectivity index (χ3v) is 6.25. The highest BCUT2D eigenvalue weighted by Crippen LogP contribution is 2.31. The van der Waals surface area contributed by atoms with Crippen LogP contribution in [0.25, 0.3) is 10.2 Å². The molecular formula is C16H12ClN3O2S2. The molecule has 1 aliphatic heterocycles. The van der Waals surface area contributed by atoms with Crippen molar-refractivity contribution < 1.29 is 9.59 Å². The van der Waals surface area contributed by atoms with Gasteiger partial charge in [0.15, 0.2) is 0 Å². The molecule has 1 aliphatic rings. The SMILES string of the molecule is O=C(NC1CSc2ccccc2NC1=O)c1cc2scc(Cl)c2[nH]1. The van der Waals surface area contributed by atoms with Gasteiger partial charge in [-0.2, -0.15) is 0 Å². The van der Waals surface area contributed by atoms with Crippen molar-refractivity contribution >= 4 is 62.4 Å². The second kappa shape index (κ2) is 6.16. The Kier molecular flexibility index (Phi) is 3.99. The number of thioether (sulfide) groups is 1. The molecule has 3 heterocycles. The summed E-state index contributed by atoms with van der Waals surface area (Å²) in [5.41, 5.74) is 1.92. The van der Waals surface area contributed by atoms with Crippen molar-refractivity contribution in [2.24, 2.45) is 0 Å². The maximum absolute atomic E-state index is 12.5. The zero-order chi connectivity index (χ0) is 16.7. The summed E-state index contributed by atoms with van der Waals surface area (Å²) < 4.78 is 0.914. The number of benzene rings is 1. The van der Waals surface area contributed by atoms with E-state index in [-0.39, 0.29) is 11.8 Å². The van der Waals surface area contributed by atoms with Crippen LogP contribution in [0.2, 0.25) is 5.02 Å². The summed E-state index contributed by atoms with van der Waals surface area (Å²) in [7, 11) is 0. The molecule has 0 bridgehead atoms. The number of rotatable bonds is 2. The average molecular weight is 378 g/mol. The van der Waals surface area contributed by atoms with Crippen LogP contribution in [0.4, 0.5) is 5.69 Å². The van der Waals surface area contributed by atoms with E-state index in [9.17, 15) is 9.59 Å². The Labute approximate surface area is 150 Å². The molecule has 1 atom stereocenters. The number of anilines is 1. The highest BCUT2D eigenvalue weighted by atomic mass is 35.5. The monoisotopic (exact) mass is 377 g/mol. The number of carbonyl (C=O) groups is 2. The van der Waals surface area contributed by atoms with Crippen LogP contribution in [-0.2, 0) is 4.79 Å². The second-order valence-corrected chi connectivity index (χ2v) is 7.71. The van der Waals surface area contributed by atoms with Gasteiger partial charge in [0.2, 0.25) is 5.91 Å². The van der Waals surface area contributed by atoms with Crippen molar-refractivity contribution in [1.82, 2.24) is 10.3 Å². The number of halogens is 1. The third-order valence-electron chi connectivity index (χ3n) is 3.73. The number of H-pyrrole nitrogens is 1. The quantitative estimate of drug-likeness (QED) is 0.637. The predicted octanol–water partition coefficient (Wildman–Crippen LogP) is 3.73. The molecule has 0 spiro atoms. The summed E-state index contributed by atoms with van der Waals surface area (Å²) in [6.07, 6.45) is 0. The van der Waals surface area contributed by atoms with E-state index < -0.39 is 6.04 Å². The molecule has 8 heteroatoms. The molecule has 0 saturated carbocycles. The Bertz CT molecular complexity index is 950. The van der Waals surface area contributed by atoms with E-state index in [0.29, 0.717) is 16.5 Å². The average Bonchev–Trinajstić information content (AvgIpc) is 3.10. The van der Waals surface area contributed by atoms with E-state index in [1.54, 1.807) is 17.8 Å². The van der Waals surface area contributed by atoms with E-state index in [2.05, 4.69) is 15.6 Å². The van der Waals surface area contributed by atoms with Gasteiger partial charge in [-0.1, -0.05) is 23.7 Å². The van der Waals surface area contributed by atoms with E-state index in [1.165, 1.54) is 11.3 Å². The lowest BCUT2D eigenvalue weighted by molar-refractivity contribution is -0.117. The van der Waals surface area contributed by atoms with Crippen molar-refractivity contribution in [2.75, 3.05) is 11.1 Å². The maximum Gasteiger partial charge on any atom is 0.268 e. The fourth-order valence-corrected chi connectivity index (χ4v) is 4.69. The highest BCUT2D eigenvalue weighted by Gasteiger charge is 2.26. The lowest BCUT2D eigenvalue weighted by Crippen LogP contribution is -2.44. The molecule has 24 heavy (non-hydrogen) atoms. The van der Waals surface area contributed by atoms with Gasteiger partial charge in [0.25, 0.3) is 5.91 Å². The van der Waals surface area contributed by atoms with Gasteiger partial charge >= 0.3 is 0 Å². The van der Waals surface area contributed by atoms with Crippen molar-refractivity contribution in [2.45, 2.75) is 10.9 Å². The Morgan fingerprint density at radius 1 is 1.33 bits per heavy atom. The molecule has 0 aliphatic carbocycles.